The van der Waals surface area contributed by atoms with Crippen LogP contribution in [0, 0.1) is 5.82 Å². The van der Waals surface area contributed by atoms with Crippen molar-refractivity contribution < 1.29 is 13.9 Å². The largest absolute Gasteiger partial charge is 0.412 e. The Bertz CT molecular complexity index is 1050. The fraction of sp³-hybridized carbons (Fsp3) is 0.269. The van der Waals surface area contributed by atoms with Gasteiger partial charge in [-0.2, -0.15) is 0 Å². The minimum atomic E-state index is -0.513. The van der Waals surface area contributed by atoms with Crippen LogP contribution in [0.1, 0.15) is 24.0 Å². The van der Waals surface area contributed by atoms with E-state index in [-0.39, 0.29) is 0 Å². The molecule has 4 rings (SSSR count). The van der Waals surface area contributed by atoms with E-state index in [0.29, 0.717) is 28.4 Å². The number of carbonyl (C=O) groups is 1. The third-order valence-corrected chi connectivity index (χ3v) is 5.85. The lowest BCUT2D eigenvalue weighted by atomic mass is 10.1. The van der Waals surface area contributed by atoms with E-state index in [4.69, 9.17) is 16.3 Å². The molecule has 0 radical (unpaired) electrons. The highest BCUT2D eigenvalue weighted by Crippen LogP contribution is 2.27. The zero-order chi connectivity index (χ0) is 22.3. The summed E-state index contributed by atoms with van der Waals surface area (Å²) in [4.78, 5) is 14.6. The molecule has 1 heterocycles. The number of carbonyl (C=O) groups excluding carboxylic acids is 1. The van der Waals surface area contributed by atoms with Gasteiger partial charge in [0.2, 0.25) is 0 Å². The number of hydrogen-bond donors (Lipinski definition) is 1. The van der Waals surface area contributed by atoms with Crippen molar-refractivity contribution in [1.29, 1.82) is 0 Å². The smallest absolute Gasteiger partial charge is 0.410 e. The molecule has 0 atom stereocenters. The van der Waals surface area contributed by atoms with Crippen LogP contribution in [0.15, 0.2) is 66.7 Å². The summed E-state index contributed by atoms with van der Waals surface area (Å²) in [5.41, 5.74) is 3.62. The fourth-order valence-corrected chi connectivity index (χ4v) is 4.05. The molecule has 4 nitrogen and oxygen atoms in total. The van der Waals surface area contributed by atoms with Crippen LogP contribution < -0.4 is 10.1 Å². The van der Waals surface area contributed by atoms with Crippen molar-refractivity contribution in [3.05, 3.63) is 88.7 Å². The zero-order valence-electron chi connectivity index (χ0n) is 17.8. The molecule has 0 saturated carbocycles. The van der Waals surface area contributed by atoms with Crippen molar-refractivity contribution >= 4 is 17.7 Å². The van der Waals surface area contributed by atoms with Crippen LogP contribution >= 0.6 is 11.6 Å². The van der Waals surface area contributed by atoms with Crippen molar-refractivity contribution in [3.63, 3.8) is 0 Å². The molecule has 0 bridgehead atoms. The van der Waals surface area contributed by atoms with Gasteiger partial charge in [-0.3, -0.25) is 4.90 Å². The lowest BCUT2D eigenvalue weighted by Gasteiger charge is -2.14. The van der Waals surface area contributed by atoms with E-state index in [0.717, 1.165) is 13.0 Å². The SMILES string of the molecule is O=C(NCCc1ccc(CN2CCCC2)cc1)Oc1ccc(-c2ccc(Cl)cc2F)cc1. The van der Waals surface area contributed by atoms with Gasteiger partial charge in [0.25, 0.3) is 0 Å². The molecule has 166 valence electrons. The molecule has 32 heavy (non-hydrogen) atoms. The van der Waals surface area contributed by atoms with E-state index in [1.807, 2.05) is 0 Å². The Balaban J connectivity index is 1.22. The average Bonchev–Trinajstić information content (AvgIpc) is 3.29. The predicted molar refractivity (Wildman–Crippen MR) is 126 cm³/mol. The summed E-state index contributed by atoms with van der Waals surface area (Å²) in [6.07, 6.45) is 2.81. The van der Waals surface area contributed by atoms with E-state index < -0.39 is 11.9 Å². The number of amides is 1. The monoisotopic (exact) mass is 452 g/mol. The van der Waals surface area contributed by atoms with E-state index in [1.165, 1.54) is 43.1 Å². The molecule has 1 fully saturated rings. The van der Waals surface area contributed by atoms with Crippen molar-refractivity contribution in [2.75, 3.05) is 19.6 Å². The summed E-state index contributed by atoms with van der Waals surface area (Å²) in [6, 6.07) is 19.8. The Labute approximate surface area is 193 Å². The predicted octanol–water partition coefficient (Wildman–Crippen LogP) is 6.07. The van der Waals surface area contributed by atoms with Gasteiger partial charge in [-0.15, -0.1) is 0 Å². The maximum Gasteiger partial charge on any atom is 0.412 e. The number of rotatable bonds is 7. The van der Waals surface area contributed by atoms with E-state index in [1.54, 1.807) is 36.4 Å². The highest BCUT2D eigenvalue weighted by atomic mass is 35.5. The summed E-state index contributed by atoms with van der Waals surface area (Å²) >= 11 is 5.80. The second kappa shape index (κ2) is 10.6. The summed E-state index contributed by atoms with van der Waals surface area (Å²) in [5.74, 6) is -0.000114. The topological polar surface area (TPSA) is 41.6 Å². The number of nitrogens with one attached hydrogen (secondary N) is 1. The number of benzene rings is 3. The van der Waals surface area contributed by atoms with Gasteiger partial charge in [0.15, 0.2) is 0 Å². The highest BCUT2D eigenvalue weighted by Gasteiger charge is 2.11. The maximum atomic E-state index is 14.1. The van der Waals surface area contributed by atoms with Crippen molar-refractivity contribution in [2.45, 2.75) is 25.8 Å². The van der Waals surface area contributed by atoms with Crippen LogP contribution in [0.25, 0.3) is 11.1 Å². The summed E-state index contributed by atoms with van der Waals surface area (Å²) in [6.45, 7) is 3.87. The van der Waals surface area contributed by atoms with E-state index >= 15 is 0 Å². The second-order valence-electron chi connectivity index (χ2n) is 8.01. The van der Waals surface area contributed by atoms with Gasteiger partial charge in [0, 0.05) is 23.7 Å². The van der Waals surface area contributed by atoms with Crippen LogP contribution in [0.3, 0.4) is 0 Å². The van der Waals surface area contributed by atoms with E-state index in [9.17, 15) is 9.18 Å². The molecule has 1 N–H and O–H groups in total. The molecule has 1 aliphatic rings. The van der Waals surface area contributed by atoms with Crippen LogP contribution in [0.2, 0.25) is 5.02 Å². The first kappa shape index (κ1) is 22.3. The zero-order valence-corrected chi connectivity index (χ0v) is 18.6. The molecule has 1 amide bonds. The van der Waals surface area contributed by atoms with Crippen molar-refractivity contribution in [1.82, 2.24) is 10.2 Å². The lowest BCUT2D eigenvalue weighted by Crippen LogP contribution is -2.28. The molecule has 0 aliphatic carbocycles. The second-order valence-corrected chi connectivity index (χ2v) is 8.45. The minimum Gasteiger partial charge on any atom is -0.410 e. The number of nitrogens with zero attached hydrogens (tertiary/aromatic N) is 1. The number of likely N-dealkylation sites (tertiary alicyclic amines) is 1. The molecule has 0 spiro atoms. The Morgan fingerprint density at radius 1 is 0.969 bits per heavy atom. The van der Waals surface area contributed by atoms with E-state index in [2.05, 4.69) is 34.5 Å². The quantitative estimate of drug-likeness (QED) is 0.472. The van der Waals surface area contributed by atoms with Crippen LogP contribution in [-0.2, 0) is 13.0 Å². The van der Waals surface area contributed by atoms with Crippen LogP contribution in [-0.4, -0.2) is 30.6 Å². The molecule has 0 unspecified atom stereocenters. The summed E-state index contributed by atoms with van der Waals surface area (Å²) < 4.78 is 19.4. The van der Waals surface area contributed by atoms with Gasteiger partial charge in [0.05, 0.1) is 0 Å². The summed E-state index contributed by atoms with van der Waals surface area (Å²) in [5, 5.41) is 3.12. The highest BCUT2D eigenvalue weighted by molar-refractivity contribution is 6.30. The molecule has 3 aromatic rings. The van der Waals surface area contributed by atoms with Gasteiger partial charge in [0.1, 0.15) is 11.6 Å². The third-order valence-electron chi connectivity index (χ3n) is 5.62. The molecular weight excluding hydrogens is 427 g/mol. The van der Waals surface area contributed by atoms with Crippen molar-refractivity contribution in [2.24, 2.45) is 0 Å². The average molecular weight is 453 g/mol. The van der Waals surface area contributed by atoms with Gasteiger partial charge in [-0.25, -0.2) is 9.18 Å². The third kappa shape index (κ3) is 6.09. The first-order valence-electron chi connectivity index (χ1n) is 10.9. The number of halogens is 2. The van der Waals surface area contributed by atoms with Gasteiger partial charge >= 0.3 is 6.09 Å². The number of ether oxygens (including phenoxy) is 1. The number of hydrogen-bond acceptors (Lipinski definition) is 3. The van der Waals surface area contributed by atoms with Gasteiger partial charge in [-0.1, -0.05) is 48.0 Å². The normalized spacial score (nSPS) is 13.8. The lowest BCUT2D eigenvalue weighted by molar-refractivity contribution is 0.200. The molecule has 0 aromatic heterocycles. The Hall–Kier alpha value is -2.89. The minimum absolute atomic E-state index is 0.348. The molecule has 1 aliphatic heterocycles. The Kier molecular flexibility index (Phi) is 7.40. The summed E-state index contributed by atoms with van der Waals surface area (Å²) in [7, 11) is 0. The van der Waals surface area contributed by atoms with Gasteiger partial charge in [-0.05, 0) is 79.4 Å². The van der Waals surface area contributed by atoms with Gasteiger partial charge < -0.3 is 10.1 Å². The molecule has 1 saturated heterocycles. The van der Waals surface area contributed by atoms with Crippen molar-refractivity contribution in [3.8, 4) is 16.9 Å². The first-order valence-corrected chi connectivity index (χ1v) is 11.3. The Morgan fingerprint density at radius 3 is 2.34 bits per heavy atom. The van der Waals surface area contributed by atoms with Crippen LogP contribution in [0.5, 0.6) is 5.75 Å². The maximum absolute atomic E-state index is 14.1. The fourth-order valence-electron chi connectivity index (χ4n) is 3.89. The Morgan fingerprint density at radius 2 is 1.66 bits per heavy atom. The van der Waals surface area contributed by atoms with Crippen LogP contribution in [0.4, 0.5) is 9.18 Å². The molecule has 3 aromatic carbocycles. The first-order chi connectivity index (χ1) is 15.6. The standard InChI is InChI=1S/C26H26ClFN2O2/c27-22-9-12-24(25(28)17-22)21-7-10-23(11-8-21)32-26(31)29-14-13-19-3-5-20(6-4-19)18-30-15-1-2-16-30/h3-12,17H,1-2,13-16,18H2,(H,29,31). The molecular formula is C26H26ClFN2O2. The molecule has 6 heteroatoms.